The molecule has 0 aromatic heterocycles. The highest BCUT2D eigenvalue weighted by atomic mass is 32.1. The molecule has 0 spiro atoms. The summed E-state index contributed by atoms with van der Waals surface area (Å²) in [6.45, 7) is 10.7. The third kappa shape index (κ3) is 5.83. The van der Waals surface area contributed by atoms with Crippen LogP contribution in [0.1, 0.15) is 72.8 Å². The van der Waals surface area contributed by atoms with Crippen LogP contribution in [0.25, 0.3) is 0 Å². The molecule has 3 aromatic carbocycles. The lowest BCUT2D eigenvalue weighted by molar-refractivity contribution is 0.103. The van der Waals surface area contributed by atoms with Gasteiger partial charge in [0.1, 0.15) is 0 Å². The number of carbonyl (C=O) groups is 1. The van der Waals surface area contributed by atoms with Crippen LogP contribution in [0.15, 0.2) is 72.8 Å². The number of hydrogen-bond donors (Lipinski definition) is 2. The second-order valence-electron chi connectivity index (χ2n) is 9.15. The maximum atomic E-state index is 13.0. The molecule has 0 bridgehead atoms. The molecule has 4 heteroatoms. The Labute approximate surface area is 197 Å². The Morgan fingerprint density at radius 3 is 2.25 bits per heavy atom. The van der Waals surface area contributed by atoms with E-state index < -0.39 is 0 Å². The first-order valence-corrected chi connectivity index (χ1v) is 11.5. The van der Waals surface area contributed by atoms with Crippen molar-refractivity contribution in [3.05, 3.63) is 101 Å². The Morgan fingerprint density at radius 2 is 1.62 bits per heavy atom. The topological polar surface area (TPSA) is 41.1 Å². The molecule has 3 rings (SSSR count). The number of thiocarbonyl (C=S) groups is 1. The van der Waals surface area contributed by atoms with Gasteiger partial charge in [-0.3, -0.25) is 4.79 Å². The Morgan fingerprint density at radius 1 is 0.938 bits per heavy atom. The van der Waals surface area contributed by atoms with Gasteiger partial charge in [-0.15, -0.1) is 0 Å². The monoisotopic (exact) mass is 444 g/mol. The van der Waals surface area contributed by atoms with E-state index in [1.165, 1.54) is 16.7 Å². The number of benzene rings is 3. The molecule has 0 aliphatic rings. The van der Waals surface area contributed by atoms with Crippen molar-refractivity contribution < 1.29 is 4.79 Å². The minimum Gasteiger partial charge on any atom is -0.356 e. The van der Waals surface area contributed by atoms with Crippen LogP contribution < -0.4 is 10.6 Å². The smallest absolute Gasteiger partial charge is 0.193 e. The van der Waals surface area contributed by atoms with Crippen molar-refractivity contribution in [2.75, 3.05) is 5.32 Å². The number of rotatable bonds is 6. The average Bonchev–Trinajstić information content (AvgIpc) is 2.77. The third-order valence-electron chi connectivity index (χ3n) is 5.67. The fourth-order valence-electron chi connectivity index (χ4n) is 3.73. The quantitative estimate of drug-likeness (QED) is 0.318. The van der Waals surface area contributed by atoms with E-state index in [0.29, 0.717) is 16.2 Å². The van der Waals surface area contributed by atoms with Gasteiger partial charge in [0.2, 0.25) is 0 Å². The van der Waals surface area contributed by atoms with Crippen LogP contribution in [0.2, 0.25) is 0 Å². The van der Waals surface area contributed by atoms with Gasteiger partial charge in [0.25, 0.3) is 0 Å². The molecule has 0 fully saturated rings. The molecule has 32 heavy (non-hydrogen) atoms. The van der Waals surface area contributed by atoms with Crippen molar-refractivity contribution in [1.29, 1.82) is 0 Å². The summed E-state index contributed by atoms with van der Waals surface area (Å²) in [5, 5.41) is 7.19. The van der Waals surface area contributed by atoms with Crippen molar-refractivity contribution in [1.82, 2.24) is 5.32 Å². The minimum absolute atomic E-state index is 0.000619. The summed E-state index contributed by atoms with van der Waals surface area (Å²) in [6.07, 6.45) is 0.912. The van der Waals surface area contributed by atoms with E-state index in [-0.39, 0.29) is 17.2 Å². The van der Waals surface area contributed by atoms with E-state index >= 15 is 0 Å². The van der Waals surface area contributed by atoms with E-state index in [4.69, 9.17) is 12.2 Å². The highest BCUT2D eigenvalue weighted by Gasteiger charge is 2.16. The molecule has 0 saturated heterocycles. The second-order valence-corrected chi connectivity index (χ2v) is 9.56. The number of hydrogen-bond acceptors (Lipinski definition) is 2. The Balaban J connectivity index is 1.71. The molecule has 0 radical (unpaired) electrons. The summed E-state index contributed by atoms with van der Waals surface area (Å²) in [5.41, 5.74) is 5.84. The Kier molecular flexibility index (Phi) is 7.47. The zero-order valence-electron chi connectivity index (χ0n) is 19.5. The molecular weight excluding hydrogens is 412 g/mol. The van der Waals surface area contributed by atoms with Gasteiger partial charge in [-0.05, 0) is 59.8 Å². The standard InChI is InChI=1S/C28H32N2OS/c1-6-25(24-13-8-7-10-19(24)2)30-27(32)29-23-12-9-11-21(18-23)26(31)20-14-16-22(17-15-20)28(3,4)5/h7-18,25H,6H2,1-5H3,(H2,29,30,32)/t25-/m0/s1. The summed E-state index contributed by atoms with van der Waals surface area (Å²) >= 11 is 5.57. The van der Waals surface area contributed by atoms with Crippen LogP contribution in [0.5, 0.6) is 0 Å². The average molecular weight is 445 g/mol. The molecule has 166 valence electrons. The van der Waals surface area contributed by atoms with Crippen molar-refractivity contribution in [2.45, 2.75) is 52.5 Å². The van der Waals surface area contributed by atoms with Gasteiger partial charge in [0, 0.05) is 16.8 Å². The lowest BCUT2D eigenvalue weighted by atomic mass is 9.86. The lowest BCUT2D eigenvalue weighted by Crippen LogP contribution is -2.32. The van der Waals surface area contributed by atoms with Gasteiger partial charge in [-0.2, -0.15) is 0 Å². The highest BCUT2D eigenvalue weighted by Crippen LogP contribution is 2.24. The molecule has 0 heterocycles. The summed E-state index contributed by atoms with van der Waals surface area (Å²) in [6, 6.07) is 23.8. The molecule has 3 aromatic rings. The maximum Gasteiger partial charge on any atom is 0.193 e. The van der Waals surface area contributed by atoms with Crippen LogP contribution >= 0.6 is 12.2 Å². The van der Waals surface area contributed by atoms with Gasteiger partial charge in [-0.1, -0.05) is 88.4 Å². The Bertz CT molecular complexity index is 1100. The molecule has 1 atom stereocenters. The van der Waals surface area contributed by atoms with E-state index in [2.05, 4.69) is 57.4 Å². The summed E-state index contributed by atoms with van der Waals surface area (Å²) in [5.74, 6) is -0.000619. The first kappa shape index (κ1) is 23.7. The fourth-order valence-corrected chi connectivity index (χ4v) is 3.99. The maximum absolute atomic E-state index is 13.0. The zero-order valence-corrected chi connectivity index (χ0v) is 20.3. The SMILES string of the molecule is CC[C@H](NC(=S)Nc1cccc(C(=O)c2ccc(C(C)(C)C)cc2)c1)c1ccccc1C. The molecule has 0 saturated carbocycles. The first-order valence-electron chi connectivity index (χ1n) is 11.1. The summed E-state index contributed by atoms with van der Waals surface area (Å²) in [7, 11) is 0. The van der Waals surface area contributed by atoms with Crippen molar-refractivity contribution in [2.24, 2.45) is 0 Å². The summed E-state index contributed by atoms with van der Waals surface area (Å²) < 4.78 is 0. The number of ketones is 1. The van der Waals surface area contributed by atoms with Crippen LogP contribution in [0.3, 0.4) is 0 Å². The largest absolute Gasteiger partial charge is 0.356 e. The fraction of sp³-hybridized carbons (Fsp3) is 0.286. The highest BCUT2D eigenvalue weighted by molar-refractivity contribution is 7.80. The van der Waals surface area contributed by atoms with Crippen LogP contribution in [-0.2, 0) is 5.41 Å². The first-order chi connectivity index (χ1) is 15.2. The molecule has 0 amide bonds. The number of carbonyl (C=O) groups excluding carboxylic acids is 1. The summed E-state index contributed by atoms with van der Waals surface area (Å²) in [4.78, 5) is 13.0. The number of anilines is 1. The molecule has 2 N–H and O–H groups in total. The second kappa shape index (κ2) is 10.1. The lowest BCUT2D eigenvalue weighted by Gasteiger charge is -2.21. The molecular formula is C28H32N2OS. The van der Waals surface area contributed by atoms with Gasteiger partial charge >= 0.3 is 0 Å². The minimum atomic E-state index is -0.000619. The normalized spacial score (nSPS) is 12.2. The van der Waals surface area contributed by atoms with E-state index in [1.807, 2.05) is 60.7 Å². The van der Waals surface area contributed by atoms with Crippen molar-refractivity contribution in [3.8, 4) is 0 Å². The van der Waals surface area contributed by atoms with Crippen LogP contribution in [-0.4, -0.2) is 10.9 Å². The molecule has 3 nitrogen and oxygen atoms in total. The van der Waals surface area contributed by atoms with Crippen molar-refractivity contribution >= 4 is 28.8 Å². The number of nitrogens with one attached hydrogen (secondary N) is 2. The third-order valence-corrected chi connectivity index (χ3v) is 5.89. The van der Waals surface area contributed by atoms with Crippen LogP contribution in [0.4, 0.5) is 5.69 Å². The van der Waals surface area contributed by atoms with Gasteiger partial charge in [-0.25, -0.2) is 0 Å². The van der Waals surface area contributed by atoms with Gasteiger partial charge in [0.05, 0.1) is 6.04 Å². The molecule has 0 unspecified atom stereocenters. The predicted molar refractivity (Wildman–Crippen MR) is 139 cm³/mol. The van der Waals surface area contributed by atoms with Crippen molar-refractivity contribution in [3.63, 3.8) is 0 Å². The van der Waals surface area contributed by atoms with E-state index in [0.717, 1.165) is 12.1 Å². The molecule has 0 aliphatic heterocycles. The van der Waals surface area contributed by atoms with Gasteiger partial charge in [0.15, 0.2) is 10.9 Å². The van der Waals surface area contributed by atoms with Crippen LogP contribution in [0, 0.1) is 6.92 Å². The van der Waals surface area contributed by atoms with E-state index in [9.17, 15) is 4.79 Å². The zero-order chi connectivity index (χ0) is 23.3. The van der Waals surface area contributed by atoms with Gasteiger partial charge < -0.3 is 10.6 Å². The number of aryl methyl sites for hydroxylation is 1. The van der Waals surface area contributed by atoms with E-state index in [1.54, 1.807) is 0 Å². The Hall–Kier alpha value is -2.98. The molecule has 0 aliphatic carbocycles. The predicted octanol–water partition coefficient (Wildman–Crippen LogP) is 6.96.